The van der Waals surface area contributed by atoms with Gasteiger partial charge in [-0.25, -0.2) is 0 Å². The summed E-state index contributed by atoms with van der Waals surface area (Å²) in [5.74, 6) is 1.11. The number of halogens is 1. The van der Waals surface area contributed by atoms with E-state index in [1.165, 1.54) is 0 Å². The van der Waals surface area contributed by atoms with Gasteiger partial charge in [-0.3, -0.25) is 0 Å². The lowest BCUT2D eigenvalue weighted by Crippen LogP contribution is -2.33. The normalized spacial score (nSPS) is 12.7. The first kappa shape index (κ1) is 18.2. The highest BCUT2D eigenvalue weighted by molar-refractivity contribution is 6.31. The predicted molar refractivity (Wildman–Crippen MR) is 86.5 cm³/mol. The van der Waals surface area contributed by atoms with Gasteiger partial charge in [0.2, 0.25) is 0 Å². The Labute approximate surface area is 132 Å². The smallest absolute Gasteiger partial charge is 0.122 e. The molecule has 0 aliphatic carbocycles. The molecule has 0 radical (unpaired) electrons. The monoisotopic (exact) mass is 315 g/mol. The molecule has 1 aromatic rings. The Balaban J connectivity index is 2.53. The number of aliphatic hydroxyl groups excluding tert-OH is 1. The van der Waals surface area contributed by atoms with Gasteiger partial charge in [0.1, 0.15) is 18.5 Å². The molecule has 0 saturated heterocycles. The van der Waals surface area contributed by atoms with E-state index >= 15 is 0 Å². The van der Waals surface area contributed by atoms with Gasteiger partial charge < -0.3 is 19.9 Å². The molecule has 1 aromatic carbocycles. The van der Waals surface area contributed by atoms with E-state index in [2.05, 4.69) is 19.2 Å². The van der Waals surface area contributed by atoms with Crippen LogP contribution >= 0.6 is 11.6 Å². The number of nitrogens with one attached hydrogen (secondary N) is 1. The fourth-order valence-corrected chi connectivity index (χ4v) is 2.39. The van der Waals surface area contributed by atoms with Crippen molar-refractivity contribution >= 4 is 11.6 Å². The third kappa shape index (κ3) is 6.22. The first-order valence-corrected chi connectivity index (χ1v) is 7.64. The van der Waals surface area contributed by atoms with Crippen LogP contribution < -0.4 is 10.1 Å². The summed E-state index contributed by atoms with van der Waals surface area (Å²) in [5, 5.41) is 13.7. The fraction of sp³-hybridized carbons (Fsp3) is 0.625. The molecule has 4 nitrogen and oxygen atoms in total. The summed E-state index contributed by atoms with van der Waals surface area (Å²) in [5.41, 5.74) is 2.04. The molecule has 0 aromatic heterocycles. The zero-order valence-electron chi connectivity index (χ0n) is 13.3. The van der Waals surface area contributed by atoms with Crippen LogP contribution in [0.25, 0.3) is 0 Å². The van der Waals surface area contributed by atoms with Crippen LogP contribution in [-0.4, -0.2) is 44.6 Å². The van der Waals surface area contributed by atoms with Gasteiger partial charge in [0, 0.05) is 25.2 Å². The number of methoxy groups -OCH3 is 1. The molecule has 0 amide bonds. The van der Waals surface area contributed by atoms with Crippen molar-refractivity contribution in [2.24, 2.45) is 0 Å². The van der Waals surface area contributed by atoms with Crippen molar-refractivity contribution in [2.45, 2.75) is 32.8 Å². The summed E-state index contributed by atoms with van der Waals surface area (Å²) >= 11 is 6.23. The Bertz CT molecular complexity index is 438. The van der Waals surface area contributed by atoms with Crippen molar-refractivity contribution in [1.29, 1.82) is 0 Å². The number of benzene rings is 1. The summed E-state index contributed by atoms with van der Waals surface area (Å²) in [4.78, 5) is 0. The van der Waals surface area contributed by atoms with E-state index in [-0.39, 0.29) is 6.61 Å². The van der Waals surface area contributed by atoms with Crippen molar-refractivity contribution in [3.05, 3.63) is 28.3 Å². The van der Waals surface area contributed by atoms with Crippen LogP contribution in [0.1, 0.15) is 30.9 Å². The molecule has 0 fully saturated rings. The zero-order chi connectivity index (χ0) is 15.8. The Morgan fingerprint density at radius 2 is 2.05 bits per heavy atom. The van der Waals surface area contributed by atoms with E-state index in [1.807, 2.05) is 19.1 Å². The van der Waals surface area contributed by atoms with Crippen LogP contribution in [0, 0.1) is 6.92 Å². The van der Waals surface area contributed by atoms with Gasteiger partial charge in [-0.1, -0.05) is 25.4 Å². The maximum atomic E-state index is 9.88. The number of aliphatic hydroxyl groups is 1. The Morgan fingerprint density at radius 3 is 2.67 bits per heavy atom. The van der Waals surface area contributed by atoms with Crippen molar-refractivity contribution in [3.63, 3.8) is 0 Å². The minimum Gasteiger partial charge on any atom is -0.491 e. The lowest BCUT2D eigenvalue weighted by Gasteiger charge is -2.17. The molecule has 21 heavy (non-hydrogen) atoms. The molecular weight excluding hydrogens is 290 g/mol. The van der Waals surface area contributed by atoms with E-state index in [4.69, 9.17) is 21.1 Å². The molecule has 0 aliphatic heterocycles. The number of ether oxygens (including phenoxy) is 2. The highest BCUT2D eigenvalue weighted by Gasteiger charge is 2.11. The SMILES string of the molecule is COCCNCC(O)COc1cc(C(C)C)c(Cl)cc1C. The zero-order valence-corrected chi connectivity index (χ0v) is 14.0. The quantitative estimate of drug-likeness (QED) is 0.688. The van der Waals surface area contributed by atoms with Crippen molar-refractivity contribution in [1.82, 2.24) is 5.32 Å². The second-order valence-corrected chi connectivity index (χ2v) is 5.86. The second-order valence-electron chi connectivity index (χ2n) is 5.46. The summed E-state index contributed by atoms with van der Waals surface area (Å²) in [6.07, 6.45) is -0.556. The van der Waals surface area contributed by atoms with Gasteiger partial charge in [-0.2, -0.15) is 0 Å². The fourth-order valence-electron chi connectivity index (χ4n) is 1.95. The molecule has 2 N–H and O–H groups in total. The first-order valence-electron chi connectivity index (χ1n) is 7.26. The second kappa shape index (κ2) is 9.26. The molecule has 120 valence electrons. The average Bonchev–Trinajstić information content (AvgIpc) is 2.42. The minimum atomic E-state index is -0.556. The summed E-state index contributed by atoms with van der Waals surface area (Å²) < 4.78 is 10.6. The summed E-state index contributed by atoms with van der Waals surface area (Å²) in [6, 6.07) is 3.88. The molecule has 0 heterocycles. The molecule has 0 aliphatic rings. The van der Waals surface area contributed by atoms with Gasteiger partial charge in [-0.15, -0.1) is 0 Å². The Morgan fingerprint density at radius 1 is 1.33 bits per heavy atom. The van der Waals surface area contributed by atoms with Crippen LogP contribution in [0.15, 0.2) is 12.1 Å². The van der Waals surface area contributed by atoms with Crippen molar-refractivity contribution in [3.8, 4) is 5.75 Å². The van der Waals surface area contributed by atoms with E-state index in [1.54, 1.807) is 7.11 Å². The lowest BCUT2D eigenvalue weighted by molar-refractivity contribution is 0.103. The highest BCUT2D eigenvalue weighted by Crippen LogP contribution is 2.31. The largest absolute Gasteiger partial charge is 0.491 e. The molecule has 1 unspecified atom stereocenters. The van der Waals surface area contributed by atoms with Crippen LogP contribution in [0.2, 0.25) is 5.02 Å². The summed E-state index contributed by atoms with van der Waals surface area (Å²) in [7, 11) is 1.65. The standard InChI is InChI=1S/C16H26ClNO3/c1-11(2)14-8-16(12(3)7-15(14)17)21-10-13(19)9-18-5-6-20-4/h7-8,11,13,18-19H,5-6,9-10H2,1-4H3. The van der Waals surface area contributed by atoms with Crippen LogP contribution in [0.4, 0.5) is 0 Å². The van der Waals surface area contributed by atoms with Gasteiger partial charge >= 0.3 is 0 Å². The lowest BCUT2D eigenvalue weighted by atomic mass is 10.0. The van der Waals surface area contributed by atoms with Crippen LogP contribution in [0.3, 0.4) is 0 Å². The van der Waals surface area contributed by atoms with Crippen LogP contribution in [-0.2, 0) is 4.74 Å². The number of hydrogen-bond acceptors (Lipinski definition) is 4. The molecule has 0 spiro atoms. The molecule has 0 saturated carbocycles. The third-order valence-corrected chi connectivity index (χ3v) is 3.54. The molecular formula is C16H26ClNO3. The summed E-state index contributed by atoms with van der Waals surface area (Å²) in [6.45, 7) is 8.21. The minimum absolute atomic E-state index is 0.250. The van der Waals surface area contributed by atoms with Crippen LogP contribution in [0.5, 0.6) is 5.75 Å². The maximum Gasteiger partial charge on any atom is 0.122 e. The third-order valence-electron chi connectivity index (χ3n) is 3.21. The van der Waals surface area contributed by atoms with Gasteiger partial charge in [0.25, 0.3) is 0 Å². The van der Waals surface area contributed by atoms with E-state index in [0.717, 1.165) is 21.9 Å². The van der Waals surface area contributed by atoms with E-state index in [0.29, 0.717) is 25.6 Å². The van der Waals surface area contributed by atoms with Crippen molar-refractivity contribution in [2.75, 3.05) is 33.4 Å². The van der Waals surface area contributed by atoms with Crippen molar-refractivity contribution < 1.29 is 14.6 Å². The van der Waals surface area contributed by atoms with Gasteiger partial charge in [0.05, 0.1) is 6.61 Å². The predicted octanol–water partition coefficient (Wildman–Crippen LogP) is 2.75. The molecule has 0 bridgehead atoms. The topological polar surface area (TPSA) is 50.7 Å². The van der Waals surface area contributed by atoms with E-state index < -0.39 is 6.10 Å². The molecule has 1 rings (SSSR count). The Kier molecular flexibility index (Phi) is 8.04. The highest BCUT2D eigenvalue weighted by atomic mass is 35.5. The average molecular weight is 316 g/mol. The molecule has 1 atom stereocenters. The van der Waals surface area contributed by atoms with E-state index in [9.17, 15) is 5.11 Å². The number of hydrogen-bond donors (Lipinski definition) is 2. The Hall–Kier alpha value is -0.810. The van der Waals surface area contributed by atoms with Gasteiger partial charge in [-0.05, 0) is 36.1 Å². The number of rotatable bonds is 9. The molecule has 5 heteroatoms. The van der Waals surface area contributed by atoms with Gasteiger partial charge in [0.15, 0.2) is 0 Å². The number of aryl methyl sites for hydroxylation is 1. The maximum absolute atomic E-state index is 9.88. The first-order chi connectivity index (χ1) is 9.95.